The largest absolute Gasteiger partial charge is 0.494 e. The number of carbonyl (C=O) groups excluding carboxylic acids is 2. The van der Waals surface area contributed by atoms with Crippen molar-refractivity contribution in [3.8, 4) is 5.75 Å². The molecule has 1 aliphatic carbocycles. The topological polar surface area (TPSA) is 96.0 Å². The number of carbonyl (C=O) groups is 2. The van der Waals surface area contributed by atoms with Gasteiger partial charge in [-0.2, -0.15) is 0 Å². The Morgan fingerprint density at radius 1 is 0.952 bits per heavy atom. The van der Waals surface area contributed by atoms with Crippen LogP contribution in [0.25, 0.3) is 0 Å². The lowest BCUT2D eigenvalue weighted by molar-refractivity contribution is -0.139. The summed E-state index contributed by atoms with van der Waals surface area (Å²) in [5.74, 6) is -0.120. The van der Waals surface area contributed by atoms with E-state index in [0.717, 1.165) is 46.7 Å². The van der Waals surface area contributed by atoms with E-state index in [0.29, 0.717) is 18.0 Å². The second-order valence-corrected chi connectivity index (χ2v) is 12.8. The Morgan fingerprint density at radius 2 is 1.62 bits per heavy atom. The lowest BCUT2D eigenvalue weighted by Crippen LogP contribution is -2.52. The quantitative estimate of drug-likeness (QED) is 0.305. The average molecular weight is 592 g/mol. The number of nitrogens with one attached hydrogen (secondary N) is 1. The van der Waals surface area contributed by atoms with Crippen molar-refractivity contribution < 1.29 is 22.7 Å². The number of amides is 2. The van der Waals surface area contributed by atoms with Crippen molar-refractivity contribution in [2.45, 2.75) is 76.9 Å². The third-order valence-electron chi connectivity index (χ3n) is 7.63. The number of sulfonamides is 1. The van der Waals surface area contributed by atoms with Gasteiger partial charge in [0.05, 0.1) is 17.2 Å². The second kappa shape index (κ2) is 13.9. The lowest BCUT2D eigenvalue weighted by Gasteiger charge is -2.32. The number of benzene rings is 3. The summed E-state index contributed by atoms with van der Waals surface area (Å²) in [6.07, 6.45) is 3.98. The van der Waals surface area contributed by atoms with Crippen LogP contribution in [-0.2, 0) is 26.2 Å². The third-order valence-corrected chi connectivity index (χ3v) is 9.42. The molecule has 4 rings (SSSR count). The van der Waals surface area contributed by atoms with Crippen molar-refractivity contribution in [2.75, 3.05) is 17.5 Å². The molecule has 224 valence electrons. The molecular formula is C33H41N3O5S. The molecule has 0 saturated heterocycles. The van der Waals surface area contributed by atoms with Crippen molar-refractivity contribution in [1.29, 1.82) is 0 Å². The molecule has 0 aromatic heterocycles. The molecule has 0 unspecified atom stereocenters. The number of aryl methyl sites for hydroxylation is 2. The fraction of sp³-hybridized carbons (Fsp3) is 0.394. The summed E-state index contributed by atoms with van der Waals surface area (Å²) < 4.78 is 34.6. The van der Waals surface area contributed by atoms with Gasteiger partial charge in [-0.15, -0.1) is 0 Å². The van der Waals surface area contributed by atoms with Crippen molar-refractivity contribution in [1.82, 2.24) is 10.2 Å². The first kappa shape index (κ1) is 31.1. The van der Waals surface area contributed by atoms with Gasteiger partial charge in [0.2, 0.25) is 11.8 Å². The van der Waals surface area contributed by atoms with Gasteiger partial charge in [-0.3, -0.25) is 13.9 Å². The Bertz CT molecular complexity index is 1470. The van der Waals surface area contributed by atoms with E-state index >= 15 is 0 Å². The number of ether oxygens (including phenoxy) is 1. The number of rotatable bonds is 12. The van der Waals surface area contributed by atoms with Crippen LogP contribution in [0.5, 0.6) is 5.75 Å². The molecule has 2 amide bonds. The Hall–Kier alpha value is -3.85. The van der Waals surface area contributed by atoms with E-state index in [-0.39, 0.29) is 23.4 Å². The van der Waals surface area contributed by atoms with Gasteiger partial charge in [-0.1, -0.05) is 60.4 Å². The lowest BCUT2D eigenvalue weighted by atomic mass is 10.1. The summed E-state index contributed by atoms with van der Waals surface area (Å²) >= 11 is 0. The van der Waals surface area contributed by atoms with Crippen LogP contribution in [-0.4, -0.2) is 50.4 Å². The molecule has 0 bridgehead atoms. The molecular weight excluding hydrogens is 550 g/mol. The van der Waals surface area contributed by atoms with Crippen LogP contribution in [0.3, 0.4) is 0 Å². The molecule has 0 heterocycles. The minimum absolute atomic E-state index is 0.0760. The van der Waals surface area contributed by atoms with Crippen LogP contribution in [0, 0.1) is 13.8 Å². The van der Waals surface area contributed by atoms with Gasteiger partial charge in [-0.25, -0.2) is 8.42 Å². The zero-order chi connectivity index (χ0) is 30.3. The molecule has 0 aliphatic heterocycles. The molecule has 0 spiro atoms. The molecule has 3 aromatic rings. The van der Waals surface area contributed by atoms with Crippen LogP contribution >= 0.6 is 0 Å². The SMILES string of the molecule is CCOc1ccc(N(CC(=O)N(Cc2cccc(C)c2)[C@H](C)C(=O)NC2CCCC2)S(=O)(=O)c2ccc(C)cc2)cc1. The van der Waals surface area contributed by atoms with Gasteiger partial charge < -0.3 is 15.0 Å². The summed E-state index contributed by atoms with van der Waals surface area (Å²) in [6.45, 7) is 7.58. The van der Waals surface area contributed by atoms with Crippen molar-refractivity contribution in [2.24, 2.45) is 0 Å². The molecule has 1 N–H and O–H groups in total. The number of anilines is 1. The Morgan fingerprint density at radius 3 is 2.24 bits per heavy atom. The second-order valence-electron chi connectivity index (χ2n) is 10.9. The maximum absolute atomic E-state index is 14.1. The predicted molar refractivity (Wildman–Crippen MR) is 165 cm³/mol. The first-order valence-electron chi connectivity index (χ1n) is 14.6. The number of hydrogen-bond acceptors (Lipinski definition) is 5. The molecule has 0 radical (unpaired) electrons. The normalized spacial score (nSPS) is 14.3. The van der Waals surface area contributed by atoms with E-state index in [1.165, 1.54) is 4.90 Å². The Labute approximate surface area is 249 Å². The maximum Gasteiger partial charge on any atom is 0.264 e. The van der Waals surface area contributed by atoms with Gasteiger partial charge in [0.25, 0.3) is 10.0 Å². The van der Waals surface area contributed by atoms with Crippen molar-refractivity contribution in [3.05, 3.63) is 89.5 Å². The third kappa shape index (κ3) is 7.70. The van der Waals surface area contributed by atoms with E-state index in [9.17, 15) is 18.0 Å². The standard InChI is InChI=1S/C33H41N3O5S/c1-5-41-30-17-15-29(16-18-30)36(42(39,40)31-19-13-24(2)14-20-31)23-32(37)35(22-27-10-8-9-25(3)21-27)26(4)33(38)34-28-11-6-7-12-28/h8-10,13-21,26,28H,5-7,11-12,22-23H2,1-4H3,(H,34,38)/t26-/m1/s1. The van der Waals surface area contributed by atoms with Crippen molar-refractivity contribution in [3.63, 3.8) is 0 Å². The molecule has 1 saturated carbocycles. The van der Waals surface area contributed by atoms with Crippen LogP contribution in [0.4, 0.5) is 5.69 Å². The summed E-state index contributed by atoms with van der Waals surface area (Å²) in [5, 5.41) is 3.10. The van der Waals surface area contributed by atoms with Gasteiger partial charge in [-0.05, 0) is 82.5 Å². The maximum atomic E-state index is 14.1. The van der Waals surface area contributed by atoms with Gasteiger partial charge in [0, 0.05) is 12.6 Å². The first-order valence-corrected chi connectivity index (χ1v) is 16.0. The Balaban J connectivity index is 1.69. The number of nitrogens with zero attached hydrogens (tertiary/aromatic N) is 2. The molecule has 8 nitrogen and oxygen atoms in total. The summed E-state index contributed by atoms with van der Waals surface area (Å²) in [4.78, 5) is 29.0. The van der Waals surface area contributed by atoms with Crippen LogP contribution in [0.1, 0.15) is 56.2 Å². The predicted octanol–water partition coefficient (Wildman–Crippen LogP) is 5.37. The van der Waals surface area contributed by atoms with Gasteiger partial charge >= 0.3 is 0 Å². The summed E-state index contributed by atoms with van der Waals surface area (Å²) in [6, 6.07) is 20.2. The van der Waals surface area contributed by atoms with E-state index in [1.807, 2.05) is 45.0 Å². The minimum atomic E-state index is -4.12. The first-order chi connectivity index (χ1) is 20.1. The van der Waals surface area contributed by atoms with E-state index < -0.39 is 28.5 Å². The van der Waals surface area contributed by atoms with Crippen LogP contribution in [0.2, 0.25) is 0 Å². The molecule has 3 aromatic carbocycles. The van der Waals surface area contributed by atoms with Crippen LogP contribution < -0.4 is 14.4 Å². The highest BCUT2D eigenvalue weighted by Crippen LogP contribution is 2.27. The summed E-state index contributed by atoms with van der Waals surface area (Å²) in [5.41, 5.74) is 3.13. The highest BCUT2D eigenvalue weighted by Gasteiger charge is 2.33. The minimum Gasteiger partial charge on any atom is -0.494 e. The Kier molecular flexibility index (Phi) is 10.3. The fourth-order valence-corrected chi connectivity index (χ4v) is 6.64. The van der Waals surface area contributed by atoms with E-state index in [1.54, 1.807) is 55.5 Å². The smallest absolute Gasteiger partial charge is 0.264 e. The summed E-state index contributed by atoms with van der Waals surface area (Å²) in [7, 11) is -4.12. The zero-order valence-corrected chi connectivity index (χ0v) is 25.7. The number of hydrogen-bond donors (Lipinski definition) is 1. The molecule has 1 atom stereocenters. The van der Waals surface area contributed by atoms with Gasteiger partial charge in [0.15, 0.2) is 0 Å². The van der Waals surface area contributed by atoms with E-state index in [4.69, 9.17) is 4.74 Å². The van der Waals surface area contributed by atoms with E-state index in [2.05, 4.69) is 5.32 Å². The molecule has 42 heavy (non-hydrogen) atoms. The highest BCUT2D eigenvalue weighted by atomic mass is 32.2. The zero-order valence-electron chi connectivity index (χ0n) is 24.9. The molecule has 1 aliphatic rings. The molecule has 9 heteroatoms. The fourth-order valence-electron chi connectivity index (χ4n) is 5.22. The average Bonchev–Trinajstić information content (AvgIpc) is 3.48. The van der Waals surface area contributed by atoms with Crippen LogP contribution in [0.15, 0.2) is 77.7 Å². The van der Waals surface area contributed by atoms with Crippen molar-refractivity contribution >= 4 is 27.5 Å². The molecule has 1 fully saturated rings. The van der Waals surface area contributed by atoms with Gasteiger partial charge in [0.1, 0.15) is 18.3 Å². The monoisotopic (exact) mass is 591 g/mol. The highest BCUT2D eigenvalue weighted by molar-refractivity contribution is 7.92.